The monoisotopic (exact) mass is 764 g/mol. The molecule has 10 aromatic carbocycles. The lowest BCUT2D eigenvalue weighted by atomic mass is 9.73. The molecule has 1 aliphatic carbocycles. The summed E-state index contributed by atoms with van der Waals surface area (Å²) < 4.78 is 2.44. The summed E-state index contributed by atoms with van der Waals surface area (Å²) in [5.74, 6) is 0. The maximum atomic E-state index is 2.48. The van der Waals surface area contributed by atoms with Crippen LogP contribution in [0.15, 0.2) is 224 Å². The third kappa shape index (κ3) is 5.14. The Morgan fingerprint density at radius 1 is 0.367 bits per heavy atom. The van der Waals surface area contributed by atoms with E-state index >= 15 is 0 Å². The van der Waals surface area contributed by atoms with E-state index < -0.39 is 0 Å². The molecule has 2 heteroatoms. The number of rotatable bonds is 6. The smallest absolute Gasteiger partial charge is 0.0541 e. The standard InChI is InChI=1S/C58H40N2/c1-58(51-26-9-6-23-47(51)48-24-7-10-27-52(48)58)53-28-11-13-30-57(53)59(45-34-32-39-16-2-3-18-41(39)36-45)44-21-14-20-42(37-44)43-33-35-56-50(38-43)49-25-8-12-29-55(49)60(56)54-31-15-19-40-17-4-5-22-46(40)54/h2-38H,1H3. The number of anilines is 3. The third-order valence-corrected chi connectivity index (χ3v) is 13.0. The van der Waals surface area contributed by atoms with Gasteiger partial charge in [-0.1, -0.05) is 170 Å². The van der Waals surface area contributed by atoms with Gasteiger partial charge in [-0.05, 0) is 117 Å². The van der Waals surface area contributed by atoms with Gasteiger partial charge in [-0.15, -0.1) is 0 Å². The summed E-state index contributed by atoms with van der Waals surface area (Å²) in [5, 5.41) is 7.41. The normalized spacial score (nSPS) is 12.9. The maximum Gasteiger partial charge on any atom is 0.0541 e. The zero-order valence-corrected chi connectivity index (χ0v) is 33.3. The summed E-state index contributed by atoms with van der Waals surface area (Å²) in [7, 11) is 0. The fourth-order valence-electron chi connectivity index (χ4n) is 10.2. The minimum atomic E-state index is -0.375. The average molecular weight is 765 g/mol. The molecular weight excluding hydrogens is 725 g/mol. The van der Waals surface area contributed by atoms with Gasteiger partial charge in [-0.25, -0.2) is 0 Å². The molecule has 11 aromatic rings. The zero-order chi connectivity index (χ0) is 39.8. The number of para-hydroxylation sites is 2. The number of nitrogens with zero attached hydrogens (tertiary/aromatic N) is 2. The van der Waals surface area contributed by atoms with E-state index in [1.165, 1.54) is 88.0 Å². The fraction of sp³-hybridized carbons (Fsp3) is 0.0345. The minimum Gasteiger partial charge on any atom is -0.310 e. The summed E-state index contributed by atoms with van der Waals surface area (Å²) in [4.78, 5) is 2.48. The molecule has 0 spiro atoms. The first kappa shape index (κ1) is 34.4. The van der Waals surface area contributed by atoms with E-state index in [0.29, 0.717) is 0 Å². The zero-order valence-electron chi connectivity index (χ0n) is 33.3. The van der Waals surface area contributed by atoms with Crippen LogP contribution >= 0.6 is 0 Å². The summed E-state index contributed by atoms with van der Waals surface area (Å²) in [5.41, 5.74) is 15.5. The quantitative estimate of drug-likeness (QED) is 0.164. The molecule has 0 aliphatic heterocycles. The van der Waals surface area contributed by atoms with Crippen LogP contribution in [0.3, 0.4) is 0 Å². The number of aromatic nitrogens is 1. The fourth-order valence-corrected chi connectivity index (χ4v) is 10.2. The van der Waals surface area contributed by atoms with Crippen molar-refractivity contribution >= 4 is 60.4 Å². The predicted octanol–water partition coefficient (Wildman–Crippen LogP) is 15.6. The van der Waals surface area contributed by atoms with Gasteiger partial charge in [0, 0.05) is 32.9 Å². The van der Waals surface area contributed by atoms with Crippen LogP contribution in [0.5, 0.6) is 0 Å². The summed E-state index contributed by atoms with van der Waals surface area (Å²) in [6.45, 7) is 2.41. The van der Waals surface area contributed by atoms with Gasteiger partial charge in [0.1, 0.15) is 0 Å². The first-order chi connectivity index (χ1) is 29.6. The van der Waals surface area contributed by atoms with Crippen LogP contribution in [0.1, 0.15) is 23.6 Å². The summed E-state index contributed by atoms with van der Waals surface area (Å²) >= 11 is 0. The molecule has 282 valence electrons. The average Bonchev–Trinajstić information content (AvgIpc) is 3.78. The van der Waals surface area contributed by atoms with E-state index in [1.54, 1.807) is 0 Å². The van der Waals surface area contributed by atoms with Crippen LogP contribution in [-0.2, 0) is 5.41 Å². The van der Waals surface area contributed by atoms with Gasteiger partial charge < -0.3 is 9.47 Å². The molecule has 0 radical (unpaired) electrons. The SMILES string of the molecule is CC1(c2ccccc2N(c2cccc(-c3ccc4c(c3)c3ccccc3n4-c3cccc4ccccc34)c2)c2ccc3ccccc3c2)c2ccccc2-c2ccccc21. The van der Waals surface area contributed by atoms with Crippen molar-refractivity contribution in [2.75, 3.05) is 4.90 Å². The van der Waals surface area contributed by atoms with Crippen molar-refractivity contribution in [1.82, 2.24) is 4.57 Å². The minimum absolute atomic E-state index is 0.375. The molecule has 1 heterocycles. The van der Waals surface area contributed by atoms with Crippen molar-refractivity contribution in [3.05, 3.63) is 241 Å². The van der Waals surface area contributed by atoms with Crippen LogP contribution in [0.2, 0.25) is 0 Å². The lowest BCUT2D eigenvalue weighted by molar-refractivity contribution is 0.714. The maximum absolute atomic E-state index is 2.48. The number of hydrogen-bond donors (Lipinski definition) is 0. The van der Waals surface area contributed by atoms with Crippen molar-refractivity contribution in [1.29, 1.82) is 0 Å². The lowest BCUT2D eigenvalue weighted by Gasteiger charge is -2.35. The van der Waals surface area contributed by atoms with E-state index in [2.05, 4.69) is 241 Å². The van der Waals surface area contributed by atoms with Crippen molar-refractivity contribution in [3.63, 3.8) is 0 Å². The Morgan fingerprint density at radius 3 is 1.77 bits per heavy atom. The van der Waals surface area contributed by atoms with Crippen LogP contribution in [0, 0.1) is 0 Å². The number of benzene rings is 10. The largest absolute Gasteiger partial charge is 0.310 e. The van der Waals surface area contributed by atoms with Gasteiger partial charge in [0.2, 0.25) is 0 Å². The molecule has 0 saturated carbocycles. The third-order valence-electron chi connectivity index (χ3n) is 13.0. The summed E-state index contributed by atoms with van der Waals surface area (Å²) in [6.07, 6.45) is 0. The molecule has 0 unspecified atom stereocenters. The molecular formula is C58H40N2. The molecule has 0 fully saturated rings. The molecule has 0 amide bonds. The van der Waals surface area contributed by atoms with Gasteiger partial charge in [-0.3, -0.25) is 0 Å². The predicted molar refractivity (Wildman–Crippen MR) is 253 cm³/mol. The van der Waals surface area contributed by atoms with Crippen molar-refractivity contribution < 1.29 is 0 Å². The second kappa shape index (κ2) is 13.4. The van der Waals surface area contributed by atoms with E-state index in [1.807, 2.05) is 0 Å². The Hall–Kier alpha value is -7.68. The van der Waals surface area contributed by atoms with Gasteiger partial charge in [-0.2, -0.15) is 0 Å². The van der Waals surface area contributed by atoms with Crippen molar-refractivity contribution in [2.24, 2.45) is 0 Å². The Bertz CT molecular complexity index is 3430. The van der Waals surface area contributed by atoms with Crippen LogP contribution < -0.4 is 4.90 Å². The van der Waals surface area contributed by atoms with Crippen molar-refractivity contribution in [2.45, 2.75) is 12.3 Å². The molecule has 2 nitrogen and oxygen atoms in total. The Morgan fingerprint density at radius 2 is 0.950 bits per heavy atom. The van der Waals surface area contributed by atoms with E-state index in [-0.39, 0.29) is 5.41 Å². The highest BCUT2D eigenvalue weighted by molar-refractivity contribution is 6.12. The Balaban J connectivity index is 1.05. The first-order valence-corrected chi connectivity index (χ1v) is 20.8. The van der Waals surface area contributed by atoms with E-state index in [0.717, 1.165) is 17.1 Å². The number of fused-ring (bicyclic) bond motifs is 8. The second-order valence-corrected chi connectivity index (χ2v) is 16.2. The molecule has 0 N–H and O–H groups in total. The second-order valence-electron chi connectivity index (χ2n) is 16.2. The molecule has 0 saturated heterocycles. The van der Waals surface area contributed by atoms with Crippen LogP contribution in [-0.4, -0.2) is 4.57 Å². The van der Waals surface area contributed by atoms with E-state index in [9.17, 15) is 0 Å². The van der Waals surface area contributed by atoms with Gasteiger partial charge >= 0.3 is 0 Å². The van der Waals surface area contributed by atoms with Gasteiger partial charge in [0.25, 0.3) is 0 Å². The van der Waals surface area contributed by atoms with Gasteiger partial charge in [0.05, 0.1) is 22.4 Å². The topological polar surface area (TPSA) is 8.17 Å². The molecule has 1 aromatic heterocycles. The Kier molecular flexibility index (Phi) is 7.70. The highest BCUT2D eigenvalue weighted by Crippen LogP contribution is 2.55. The highest BCUT2D eigenvalue weighted by Gasteiger charge is 2.42. The number of hydrogen-bond acceptors (Lipinski definition) is 1. The van der Waals surface area contributed by atoms with Crippen LogP contribution in [0.4, 0.5) is 17.1 Å². The molecule has 1 aliphatic rings. The first-order valence-electron chi connectivity index (χ1n) is 20.8. The van der Waals surface area contributed by atoms with Crippen molar-refractivity contribution in [3.8, 4) is 27.9 Å². The van der Waals surface area contributed by atoms with Crippen LogP contribution in [0.25, 0.3) is 71.3 Å². The molecule has 0 atom stereocenters. The van der Waals surface area contributed by atoms with E-state index in [4.69, 9.17) is 0 Å². The van der Waals surface area contributed by atoms with Gasteiger partial charge in [0.15, 0.2) is 0 Å². The summed E-state index contributed by atoms with van der Waals surface area (Å²) in [6, 6.07) is 82.7. The lowest BCUT2D eigenvalue weighted by Crippen LogP contribution is -2.25. The molecule has 12 rings (SSSR count). The molecule has 60 heavy (non-hydrogen) atoms. The Labute approximate surface area is 349 Å². The molecule has 0 bridgehead atoms. The highest BCUT2D eigenvalue weighted by atomic mass is 15.1.